The fourth-order valence-corrected chi connectivity index (χ4v) is 3.81. The van der Waals surface area contributed by atoms with Gasteiger partial charge in [0.05, 0.1) is 9.82 Å². The van der Waals surface area contributed by atoms with Gasteiger partial charge in [0.25, 0.3) is 5.69 Å². The highest BCUT2D eigenvalue weighted by Gasteiger charge is 2.37. The summed E-state index contributed by atoms with van der Waals surface area (Å²) in [5, 5.41) is 19.5. The van der Waals surface area contributed by atoms with Gasteiger partial charge in [-0.2, -0.15) is 4.31 Å². The van der Waals surface area contributed by atoms with Crippen molar-refractivity contribution in [1.29, 1.82) is 0 Å². The van der Waals surface area contributed by atoms with Gasteiger partial charge in [-0.05, 0) is 18.6 Å². The molecule has 1 aliphatic rings. The number of rotatable bonds is 4. The van der Waals surface area contributed by atoms with E-state index in [0.717, 1.165) is 0 Å². The molecule has 0 aliphatic carbocycles. The van der Waals surface area contributed by atoms with E-state index in [1.54, 1.807) is 0 Å². The lowest BCUT2D eigenvalue weighted by molar-refractivity contribution is -0.385. The maximum atomic E-state index is 12.3. The van der Waals surface area contributed by atoms with Crippen LogP contribution >= 0.6 is 0 Å². The zero-order valence-corrected chi connectivity index (χ0v) is 11.1. The number of benzene rings is 1. The molecule has 1 fully saturated rings. The minimum absolute atomic E-state index is 0.0203. The lowest BCUT2D eigenvalue weighted by Crippen LogP contribution is -2.51. The first-order valence-electron chi connectivity index (χ1n) is 5.72. The maximum absolute atomic E-state index is 12.3. The molecule has 0 atom stereocenters. The SMILES string of the molecule is Cc1cc([N+](=O)[O-])ccc1S(=O)(=O)N1CC(CO)C1. The topological polar surface area (TPSA) is 101 Å². The van der Waals surface area contributed by atoms with E-state index in [4.69, 9.17) is 5.11 Å². The van der Waals surface area contributed by atoms with Crippen molar-refractivity contribution >= 4 is 15.7 Å². The third-order valence-corrected chi connectivity index (χ3v) is 5.16. The Morgan fingerprint density at radius 1 is 1.47 bits per heavy atom. The van der Waals surface area contributed by atoms with Crippen LogP contribution in [0.3, 0.4) is 0 Å². The summed E-state index contributed by atoms with van der Waals surface area (Å²) in [4.78, 5) is 10.1. The quantitative estimate of drug-likeness (QED) is 0.642. The van der Waals surface area contributed by atoms with Crippen LogP contribution in [-0.2, 0) is 10.0 Å². The Labute approximate surface area is 110 Å². The Balaban J connectivity index is 2.29. The monoisotopic (exact) mass is 286 g/mol. The Bertz CT molecular complexity index is 608. The van der Waals surface area contributed by atoms with Gasteiger partial charge in [-0.1, -0.05) is 0 Å². The second-order valence-electron chi connectivity index (χ2n) is 4.58. The molecule has 1 aromatic carbocycles. The van der Waals surface area contributed by atoms with Crippen molar-refractivity contribution in [2.75, 3.05) is 19.7 Å². The molecule has 0 aromatic heterocycles. The van der Waals surface area contributed by atoms with Crippen LogP contribution in [0.5, 0.6) is 0 Å². The number of sulfonamides is 1. The zero-order chi connectivity index (χ0) is 14.2. The number of nitro groups is 1. The minimum atomic E-state index is -3.62. The van der Waals surface area contributed by atoms with Gasteiger partial charge in [0.15, 0.2) is 0 Å². The summed E-state index contributed by atoms with van der Waals surface area (Å²) in [7, 11) is -3.62. The zero-order valence-electron chi connectivity index (χ0n) is 10.3. The molecule has 1 heterocycles. The molecule has 1 N–H and O–H groups in total. The summed E-state index contributed by atoms with van der Waals surface area (Å²) >= 11 is 0. The normalized spacial score (nSPS) is 17.2. The first-order chi connectivity index (χ1) is 8.86. The summed E-state index contributed by atoms with van der Waals surface area (Å²) < 4.78 is 25.8. The van der Waals surface area contributed by atoms with Crippen LogP contribution in [0.2, 0.25) is 0 Å². The lowest BCUT2D eigenvalue weighted by Gasteiger charge is -2.37. The number of nitrogens with zero attached hydrogens (tertiary/aromatic N) is 2. The molecule has 2 rings (SSSR count). The molecule has 8 heteroatoms. The molecule has 1 aromatic rings. The van der Waals surface area contributed by atoms with Crippen molar-refractivity contribution in [3.05, 3.63) is 33.9 Å². The molecule has 0 bridgehead atoms. The van der Waals surface area contributed by atoms with Crippen LogP contribution in [0.1, 0.15) is 5.56 Å². The van der Waals surface area contributed by atoms with Crippen molar-refractivity contribution in [2.45, 2.75) is 11.8 Å². The smallest absolute Gasteiger partial charge is 0.269 e. The molecule has 104 valence electrons. The first-order valence-corrected chi connectivity index (χ1v) is 7.16. The van der Waals surface area contributed by atoms with Crippen LogP contribution in [-0.4, -0.2) is 42.4 Å². The Hall–Kier alpha value is -1.51. The summed E-state index contributed by atoms with van der Waals surface area (Å²) in [6.07, 6.45) is 0. The number of aryl methyl sites for hydroxylation is 1. The highest BCUT2D eigenvalue weighted by molar-refractivity contribution is 7.89. The molecule has 19 heavy (non-hydrogen) atoms. The molecular formula is C11H14N2O5S. The Kier molecular flexibility index (Phi) is 3.57. The van der Waals surface area contributed by atoms with Crippen LogP contribution in [0, 0.1) is 23.0 Å². The number of hydrogen-bond acceptors (Lipinski definition) is 5. The summed E-state index contributed by atoms with van der Waals surface area (Å²) in [5.74, 6) is -0.0203. The number of non-ortho nitro benzene ring substituents is 1. The fourth-order valence-electron chi connectivity index (χ4n) is 2.01. The van der Waals surface area contributed by atoms with E-state index < -0.39 is 14.9 Å². The van der Waals surface area contributed by atoms with Crippen LogP contribution in [0.4, 0.5) is 5.69 Å². The molecule has 7 nitrogen and oxygen atoms in total. The van der Waals surface area contributed by atoms with Crippen molar-refractivity contribution < 1.29 is 18.4 Å². The van der Waals surface area contributed by atoms with E-state index in [1.807, 2.05) is 0 Å². The highest BCUT2D eigenvalue weighted by atomic mass is 32.2. The van der Waals surface area contributed by atoms with Crippen molar-refractivity contribution in [3.8, 4) is 0 Å². The fraction of sp³-hybridized carbons (Fsp3) is 0.455. The van der Waals surface area contributed by atoms with E-state index in [0.29, 0.717) is 5.56 Å². The highest BCUT2D eigenvalue weighted by Crippen LogP contribution is 2.28. The van der Waals surface area contributed by atoms with Gasteiger partial charge in [-0.3, -0.25) is 10.1 Å². The number of nitro benzene ring substituents is 1. The van der Waals surface area contributed by atoms with Crippen molar-refractivity contribution in [3.63, 3.8) is 0 Å². The number of aliphatic hydroxyl groups is 1. The second kappa shape index (κ2) is 4.87. The van der Waals surface area contributed by atoms with Crippen molar-refractivity contribution in [2.24, 2.45) is 5.92 Å². The van der Waals surface area contributed by atoms with Crippen LogP contribution < -0.4 is 0 Å². The molecule has 0 unspecified atom stereocenters. The average molecular weight is 286 g/mol. The third kappa shape index (κ3) is 2.46. The maximum Gasteiger partial charge on any atom is 0.269 e. The third-order valence-electron chi connectivity index (χ3n) is 3.17. The summed E-state index contributed by atoms with van der Waals surface area (Å²) in [5.41, 5.74) is 0.218. The summed E-state index contributed by atoms with van der Waals surface area (Å²) in [6.45, 7) is 2.07. The van der Waals surface area contributed by atoms with Gasteiger partial charge < -0.3 is 5.11 Å². The van der Waals surface area contributed by atoms with E-state index >= 15 is 0 Å². The van der Waals surface area contributed by atoms with Gasteiger partial charge in [0.1, 0.15) is 0 Å². The first kappa shape index (κ1) is 13.9. The van der Waals surface area contributed by atoms with Gasteiger partial charge in [-0.25, -0.2) is 8.42 Å². The van der Waals surface area contributed by atoms with Gasteiger partial charge in [-0.15, -0.1) is 0 Å². The molecule has 1 saturated heterocycles. The van der Waals surface area contributed by atoms with E-state index in [2.05, 4.69) is 0 Å². The van der Waals surface area contributed by atoms with Crippen LogP contribution in [0.15, 0.2) is 23.1 Å². The summed E-state index contributed by atoms with van der Waals surface area (Å²) in [6, 6.07) is 3.69. The van der Waals surface area contributed by atoms with E-state index in [1.165, 1.54) is 29.4 Å². The standard InChI is InChI=1S/C11H14N2O5S/c1-8-4-10(13(15)16)2-3-11(8)19(17,18)12-5-9(6-12)7-14/h2-4,9,14H,5-7H2,1H3. The Morgan fingerprint density at radius 2 is 2.11 bits per heavy atom. The molecule has 1 aliphatic heterocycles. The van der Waals surface area contributed by atoms with E-state index in [-0.39, 0.29) is 36.2 Å². The largest absolute Gasteiger partial charge is 0.396 e. The Morgan fingerprint density at radius 3 is 2.58 bits per heavy atom. The average Bonchev–Trinajstić information content (AvgIpc) is 2.26. The van der Waals surface area contributed by atoms with Crippen LogP contribution in [0.25, 0.3) is 0 Å². The van der Waals surface area contributed by atoms with Gasteiger partial charge >= 0.3 is 0 Å². The van der Waals surface area contributed by atoms with E-state index in [9.17, 15) is 18.5 Å². The molecular weight excluding hydrogens is 272 g/mol. The van der Waals surface area contributed by atoms with Gasteiger partial charge in [0, 0.05) is 37.7 Å². The minimum Gasteiger partial charge on any atom is -0.396 e. The molecule has 0 saturated carbocycles. The number of aliphatic hydroxyl groups excluding tert-OH is 1. The predicted molar refractivity (Wildman–Crippen MR) is 67.2 cm³/mol. The van der Waals surface area contributed by atoms with Gasteiger partial charge in [0.2, 0.25) is 10.0 Å². The molecule has 0 radical (unpaired) electrons. The molecule has 0 spiro atoms. The lowest BCUT2D eigenvalue weighted by atomic mass is 10.1. The second-order valence-corrected chi connectivity index (χ2v) is 6.48. The van der Waals surface area contributed by atoms with Crippen molar-refractivity contribution in [1.82, 2.24) is 4.31 Å². The number of hydrogen-bond donors (Lipinski definition) is 1. The predicted octanol–water partition coefficient (Wildman–Crippen LogP) is 0.516. The molecule has 0 amide bonds.